The Morgan fingerprint density at radius 2 is 1.89 bits per heavy atom. The summed E-state index contributed by atoms with van der Waals surface area (Å²) in [6.07, 6.45) is -0.225. The second-order valence-electron chi connectivity index (χ2n) is 12.5. The molecule has 0 spiro atoms. The molecule has 202 valence electrons. The number of alkyl halides is 2. The van der Waals surface area contributed by atoms with Crippen molar-refractivity contribution in [2.24, 2.45) is 22.7 Å². The van der Waals surface area contributed by atoms with Crippen LogP contribution >= 0.6 is 0 Å². The summed E-state index contributed by atoms with van der Waals surface area (Å²) in [6.45, 7) is 6.76. The van der Waals surface area contributed by atoms with Crippen molar-refractivity contribution in [3.05, 3.63) is 23.8 Å². The number of carbonyl (C=O) groups is 3. The zero-order chi connectivity index (χ0) is 26.8. The fourth-order valence-corrected chi connectivity index (χ4v) is 8.60. The summed E-state index contributed by atoms with van der Waals surface area (Å²) < 4.78 is 50.7. The first-order valence-corrected chi connectivity index (χ1v) is 13.0. The van der Waals surface area contributed by atoms with E-state index in [0.717, 1.165) is 6.08 Å². The molecule has 8 nitrogen and oxygen atoms in total. The number of esters is 1. The Morgan fingerprint density at radius 1 is 1.16 bits per heavy atom. The topological polar surface area (TPSA) is 111 Å². The predicted octanol–water partition coefficient (Wildman–Crippen LogP) is 2.24. The number of carbonyl (C=O) groups excluding carboxylic acids is 3. The molecule has 2 N–H and O–H groups in total. The van der Waals surface area contributed by atoms with Crippen LogP contribution in [0.5, 0.6) is 0 Å². The van der Waals surface area contributed by atoms with Crippen molar-refractivity contribution < 1.29 is 42.5 Å². The van der Waals surface area contributed by atoms with E-state index in [1.165, 1.54) is 19.1 Å². The van der Waals surface area contributed by atoms with Crippen molar-refractivity contribution in [2.75, 3.05) is 6.61 Å². The number of hydrogen-bond donors (Lipinski definition) is 2. The van der Waals surface area contributed by atoms with E-state index in [2.05, 4.69) is 5.32 Å². The lowest BCUT2D eigenvalue weighted by Crippen LogP contribution is -2.71. The molecule has 0 aromatic carbocycles. The minimum atomic E-state index is -2.26. The molecular weight excluding hydrogens is 488 g/mol. The Labute approximate surface area is 213 Å². The van der Waals surface area contributed by atoms with Gasteiger partial charge in [0.1, 0.15) is 12.8 Å². The van der Waals surface area contributed by atoms with Crippen LogP contribution in [0.15, 0.2) is 23.8 Å². The highest BCUT2D eigenvalue weighted by molar-refractivity contribution is 6.01. The number of nitrogens with one attached hydrogen (secondary N) is 1. The highest BCUT2D eigenvalue weighted by Gasteiger charge is 2.81. The van der Waals surface area contributed by atoms with Gasteiger partial charge in [-0.05, 0) is 63.7 Å². The summed E-state index contributed by atoms with van der Waals surface area (Å²) in [5.41, 5.74) is -6.42. The first-order chi connectivity index (χ1) is 17.2. The van der Waals surface area contributed by atoms with Crippen molar-refractivity contribution in [1.29, 1.82) is 0 Å². The average Bonchev–Trinajstić information content (AvgIpc) is 3.41. The number of aliphatic hydroxyl groups excluding tert-OH is 1. The summed E-state index contributed by atoms with van der Waals surface area (Å²) in [5, 5.41) is 14.4. The minimum absolute atomic E-state index is 0.0256. The number of cyclic esters (lactones) is 1. The highest BCUT2D eigenvalue weighted by atomic mass is 19.1. The van der Waals surface area contributed by atoms with Crippen molar-refractivity contribution in [3.63, 3.8) is 0 Å². The molecule has 2 aliphatic heterocycles. The number of ketones is 1. The van der Waals surface area contributed by atoms with Crippen LogP contribution in [0.4, 0.5) is 8.78 Å². The van der Waals surface area contributed by atoms with Crippen LogP contribution in [-0.4, -0.2) is 70.9 Å². The largest absolute Gasteiger partial charge is 0.463 e. The van der Waals surface area contributed by atoms with Gasteiger partial charge in [-0.15, -0.1) is 0 Å². The van der Waals surface area contributed by atoms with E-state index in [0.29, 0.717) is 0 Å². The first kappa shape index (κ1) is 25.1. The molecule has 1 amide bonds. The minimum Gasteiger partial charge on any atom is -0.463 e. The lowest BCUT2D eigenvalue weighted by molar-refractivity contribution is -0.249. The predicted molar refractivity (Wildman–Crippen MR) is 124 cm³/mol. The van der Waals surface area contributed by atoms with Crippen molar-refractivity contribution in [3.8, 4) is 0 Å². The van der Waals surface area contributed by atoms with E-state index >= 15 is 8.78 Å². The van der Waals surface area contributed by atoms with Gasteiger partial charge in [-0.1, -0.05) is 13.0 Å². The van der Waals surface area contributed by atoms with Crippen LogP contribution in [0.25, 0.3) is 0 Å². The molecular formula is C27H33F2NO7. The van der Waals surface area contributed by atoms with E-state index in [1.54, 1.807) is 20.8 Å². The van der Waals surface area contributed by atoms with Gasteiger partial charge in [-0.2, -0.15) is 0 Å². The number of hydrogen-bond acceptors (Lipinski definition) is 7. The Morgan fingerprint density at radius 3 is 2.57 bits per heavy atom. The maximum atomic E-state index is 17.4. The Balaban J connectivity index is 1.43. The van der Waals surface area contributed by atoms with Crippen LogP contribution in [0, 0.1) is 22.7 Å². The Hall–Kier alpha value is -2.17. The van der Waals surface area contributed by atoms with Crippen LogP contribution in [0.2, 0.25) is 0 Å². The van der Waals surface area contributed by atoms with Crippen molar-refractivity contribution in [1.82, 2.24) is 5.32 Å². The van der Waals surface area contributed by atoms with Gasteiger partial charge in [0.05, 0.1) is 24.7 Å². The average molecular weight is 522 g/mol. The Kier molecular flexibility index (Phi) is 5.08. The van der Waals surface area contributed by atoms with E-state index in [1.807, 2.05) is 0 Å². The third kappa shape index (κ3) is 3.00. The van der Waals surface area contributed by atoms with Gasteiger partial charge in [-0.25, -0.2) is 8.78 Å². The van der Waals surface area contributed by atoms with Crippen molar-refractivity contribution >= 4 is 17.7 Å². The number of aliphatic hydroxyl groups is 1. The number of allylic oxidation sites excluding steroid dienone is 4. The molecule has 2 saturated heterocycles. The lowest BCUT2D eigenvalue weighted by Gasteiger charge is -2.63. The van der Waals surface area contributed by atoms with E-state index < -0.39 is 81.8 Å². The summed E-state index contributed by atoms with van der Waals surface area (Å²) in [6, 6.07) is -0.541. The molecule has 10 heteroatoms. The molecule has 6 aliphatic rings. The molecule has 0 aromatic rings. The Bertz CT molecular complexity index is 1150. The number of halogens is 2. The van der Waals surface area contributed by atoms with Crippen LogP contribution in [-0.2, 0) is 28.6 Å². The molecule has 10 atom stereocenters. The SMILES string of the molecule is CC1(C)O[C@@H]2C[C@H]3[C@@H]4C[C@H](F)C5=CC(=O)C=C[C@]5(C)[C@@]4(F)[C@@H](O)C[C@]3(C)[C@]2(C(=O)N[C@H]2COC(=O)C2)O1. The molecule has 0 unspecified atom stereocenters. The van der Waals surface area contributed by atoms with Gasteiger partial charge in [0.25, 0.3) is 5.91 Å². The van der Waals surface area contributed by atoms with Gasteiger partial charge < -0.3 is 24.6 Å². The number of fused-ring (bicyclic) bond motifs is 7. The smallest absolute Gasteiger partial charge is 0.308 e. The third-order valence-corrected chi connectivity index (χ3v) is 10.2. The fourth-order valence-electron chi connectivity index (χ4n) is 8.60. The molecule has 2 heterocycles. The van der Waals surface area contributed by atoms with Crippen LogP contribution < -0.4 is 5.32 Å². The third-order valence-electron chi connectivity index (χ3n) is 10.2. The maximum Gasteiger partial charge on any atom is 0.308 e. The van der Waals surface area contributed by atoms with Gasteiger partial charge in [0.15, 0.2) is 22.8 Å². The maximum absolute atomic E-state index is 17.4. The number of amides is 1. The molecule has 3 saturated carbocycles. The van der Waals surface area contributed by atoms with E-state index in [-0.39, 0.29) is 37.9 Å². The zero-order valence-electron chi connectivity index (χ0n) is 21.4. The summed E-state index contributed by atoms with van der Waals surface area (Å²) in [4.78, 5) is 37.7. The molecule has 37 heavy (non-hydrogen) atoms. The molecule has 0 bridgehead atoms. The lowest BCUT2D eigenvalue weighted by atomic mass is 9.44. The van der Waals surface area contributed by atoms with Gasteiger partial charge in [0, 0.05) is 16.7 Å². The molecule has 4 aliphatic carbocycles. The second-order valence-corrected chi connectivity index (χ2v) is 12.5. The molecule has 0 aromatic heterocycles. The van der Waals surface area contributed by atoms with Gasteiger partial charge in [-0.3, -0.25) is 14.4 Å². The zero-order valence-corrected chi connectivity index (χ0v) is 21.4. The van der Waals surface area contributed by atoms with Crippen molar-refractivity contribution in [2.45, 2.75) is 94.9 Å². The fraction of sp³-hybridized carbons (Fsp3) is 0.741. The molecule has 5 fully saturated rings. The van der Waals surface area contributed by atoms with Gasteiger partial charge in [0.2, 0.25) is 0 Å². The standard InChI is InChI=1S/C27H33F2NO7/c1-23(2)36-20-10-15-16-9-18(28)17-8-14(31)5-6-24(17,3)26(16,29)19(32)11-25(15,4)27(20,37-23)22(34)30-13-7-21(33)35-12-13/h5-6,8,13,15-16,18-20,32H,7,9-12H2,1-4H3,(H,30,34)/t13-,15+,16+,18+,19+,20-,24+,25+,26+,27+/m1/s1. The molecule has 0 radical (unpaired) electrons. The monoisotopic (exact) mass is 521 g/mol. The van der Waals surface area contributed by atoms with E-state index in [4.69, 9.17) is 14.2 Å². The normalized spacial score (nSPS) is 51.5. The van der Waals surface area contributed by atoms with Gasteiger partial charge >= 0.3 is 5.97 Å². The summed E-state index contributed by atoms with van der Waals surface area (Å²) in [5.74, 6) is -3.97. The van der Waals surface area contributed by atoms with E-state index in [9.17, 15) is 19.5 Å². The first-order valence-electron chi connectivity index (χ1n) is 13.0. The number of rotatable bonds is 2. The quantitative estimate of drug-likeness (QED) is 0.536. The van der Waals surface area contributed by atoms with Crippen LogP contribution in [0.3, 0.4) is 0 Å². The highest BCUT2D eigenvalue weighted by Crippen LogP contribution is 2.72. The van der Waals surface area contributed by atoms with Crippen LogP contribution in [0.1, 0.15) is 53.4 Å². The summed E-state index contributed by atoms with van der Waals surface area (Å²) >= 11 is 0. The number of ether oxygens (including phenoxy) is 3. The molecule has 6 rings (SSSR count). The summed E-state index contributed by atoms with van der Waals surface area (Å²) in [7, 11) is 0. The second kappa shape index (κ2) is 7.48.